The lowest BCUT2D eigenvalue weighted by Gasteiger charge is -2.11. The Labute approximate surface area is 66.1 Å². The van der Waals surface area contributed by atoms with Crippen molar-refractivity contribution in [3.05, 3.63) is 35.3 Å². The van der Waals surface area contributed by atoms with Crippen molar-refractivity contribution < 1.29 is 4.74 Å². The van der Waals surface area contributed by atoms with E-state index in [1.807, 2.05) is 32.1 Å². The molecule has 1 aliphatic heterocycles. The number of nitriles is 1. The topological polar surface area (TPSA) is 33.0 Å². The molecule has 0 aromatic heterocycles. The minimum atomic E-state index is 0.825. The van der Waals surface area contributed by atoms with E-state index in [9.17, 15) is 0 Å². The van der Waals surface area contributed by atoms with Crippen molar-refractivity contribution in [3.8, 4) is 6.07 Å². The minimum Gasteiger partial charge on any atom is -0.467 e. The molecular weight excluding hydrogens is 138 g/mol. The van der Waals surface area contributed by atoms with Crippen LogP contribution in [-0.4, -0.2) is 0 Å². The fraction of sp³-hybridized carbons (Fsp3) is 0.222. The second kappa shape index (κ2) is 3.07. The molecule has 0 saturated heterocycles. The van der Waals surface area contributed by atoms with E-state index in [4.69, 9.17) is 10.00 Å². The minimum absolute atomic E-state index is 0.825. The molecule has 0 aromatic rings. The molecule has 0 unspecified atom stereocenters. The molecule has 2 heteroatoms. The Morgan fingerprint density at radius 1 is 1.36 bits per heavy atom. The number of hydrogen-bond acceptors (Lipinski definition) is 2. The summed E-state index contributed by atoms with van der Waals surface area (Å²) in [7, 11) is 0. The molecule has 11 heavy (non-hydrogen) atoms. The molecule has 2 nitrogen and oxygen atoms in total. The van der Waals surface area contributed by atoms with E-state index in [0.29, 0.717) is 0 Å². The molecule has 0 bridgehead atoms. The summed E-state index contributed by atoms with van der Waals surface area (Å²) in [5.74, 6) is 1.65. The largest absolute Gasteiger partial charge is 0.467 e. The van der Waals surface area contributed by atoms with Gasteiger partial charge in [0, 0.05) is 6.08 Å². The van der Waals surface area contributed by atoms with Gasteiger partial charge >= 0.3 is 0 Å². The van der Waals surface area contributed by atoms with Gasteiger partial charge in [-0.1, -0.05) is 0 Å². The molecule has 0 spiro atoms. The molecule has 0 fully saturated rings. The van der Waals surface area contributed by atoms with Crippen LogP contribution in [0.5, 0.6) is 0 Å². The predicted molar refractivity (Wildman–Crippen MR) is 42.3 cm³/mol. The van der Waals surface area contributed by atoms with Crippen molar-refractivity contribution in [2.45, 2.75) is 13.8 Å². The van der Waals surface area contributed by atoms with Crippen LogP contribution in [0.1, 0.15) is 13.8 Å². The highest BCUT2D eigenvalue weighted by molar-refractivity contribution is 5.39. The van der Waals surface area contributed by atoms with E-state index < -0.39 is 0 Å². The van der Waals surface area contributed by atoms with Gasteiger partial charge in [0.1, 0.15) is 11.5 Å². The molecule has 0 atom stereocenters. The van der Waals surface area contributed by atoms with Crippen LogP contribution in [0, 0.1) is 11.3 Å². The van der Waals surface area contributed by atoms with Crippen LogP contribution in [0.3, 0.4) is 0 Å². The van der Waals surface area contributed by atoms with E-state index in [2.05, 4.69) is 0 Å². The Morgan fingerprint density at radius 3 is 2.36 bits per heavy atom. The number of rotatable bonds is 0. The third-order valence-electron chi connectivity index (χ3n) is 1.29. The van der Waals surface area contributed by atoms with Crippen molar-refractivity contribution in [2.75, 3.05) is 0 Å². The van der Waals surface area contributed by atoms with Crippen LogP contribution in [0.4, 0.5) is 0 Å². The fourth-order valence-electron chi connectivity index (χ4n) is 0.982. The van der Waals surface area contributed by atoms with Crippen molar-refractivity contribution in [1.29, 1.82) is 5.26 Å². The molecule has 0 aliphatic carbocycles. The van der Waals surface area contributed by atoms with Crippen LogP contribution >= 0.6 is 0 Å². The monoisotopic (exact) mass is 147 g/mol. The maximum Gasteiger partial charge on any atom is 0.101 e. The number of ether oxygens (including phenoxy) is 1. The Kier molecular flexibility index (Phi) is 2.12. The summed E-state index contributed by atoms with van der Waals surface area (Å²) in [6.07, 6.45) is 5.15. The van der Waals surface area contributed by atoms with Gasteiger partial charge in [-0.2, -0.15) is 5.26 Å². The van der Waals surface area contributed by atoms with Gasteiger partial charge in [-0.15, -0.1) is 0 Å². The molecule has 0 N–H and O–H groups in total. The van der Waals surface area contributed by atoms with E-state index in [0.717, 1.165) is 17.1 Å². The number of allylic oxidation sites excluding steroid dienone is 6. The summed E-state index contributed by atoms with van der Waals surface area (Å²) in [5, 5.41) is 8.37. The Balaban J connectivity index is 2.92. The highest BCUT2D eigenvalue weighted by Crippen LogP contribution is 2.17. The van der Waals surface area contributed by atoms with Gasteiger partial charge in [-0.05, 0) is 31.6 Å². The van der Waals surface area contributed by atoms with Gasteiger partial charge in [0.15, 0.2) is 0 Å². The van der Waals surface area contributed by atoms with Gasteiger partial charge in [-0.25, -0.2) is 0 Å². The zero-order valence-corrected chi connectivity index (χ0v) is 6.59. The summed E-state index contributed by atoms with van der Waals surface area (Å²) in [6.45, 7) is 3.73. The first-order chi connectivity index (χ1) is 5.22. The molecule has 0 amide bonds. The first-order valence-electron chi connectivity index (χ1n) is 3.36. The standard InChI is InChI=1S/C9H9NO/c1-7-5-9(3-4-10)6-8(2)11-7/h3,5-6H,1-2H3. The Morgan fingerprint density at radius 2 is 1.91 bits per heavy atom. The summed E-state index contributed by atoms with van der Waals surface area (Å²) in [5.41, 5.74) is 0.897. The van der Waals surface area contributed by atoms with Crippen molar-refractivity contribution >= 4 is 0 Å². The van der Waals surface area contributed by atoms with Gasteiger partial charge in [0.05, 0.1) is 6.07 Å². The second-order valence-electron chi connectivity index (χ2n) is 2.39. The average Bonchev–Trinajstić information content (AvgIpc) is 1.85. The zero-order chi connectivity index (χ0) is 8.27. The summed E-state index contributed by atoms with van der Waals surface area (Å²) in [4.78, 5) is 0. The SMILES string of the molecule is CC1=CC(=CC#N)C=C(C)O1. The molecule has 1 rings (SSSR count). The summed E-state index contributed by atoms with van der Waals surface area (Å²) in [6, 6.07) is 1.97. The molecule has 0 radical (unpaired) electrons. The van der Waals surface area contributed by atoms with E-state index in [1.54, 1.807) is 0 Å². The third kappa shape index (κ3) is 1.98. The lowest BCUT2D eigenvalue weighted by Crippen LogP contribution is -1.93. The molecule has 56 valence electrons. The molecule has 1 aliphatic rings. The van der Waals surface area contributed by atoms with E-state index in [1.165, 1.54) is 6.08 Å². The van der Waals surface area contributed by atoms with Crippen LogP contribution in [0.15, 0.2) is 35.3 Å². The lowest BCUT2D eigenvalue weighted by molar-refractivity contribution is 0.304. The third-order valence-corrected chi connectivity index (χ3v) is 1.29. The van der Waals surface area contributed by atoms with Gasteiger partial charge in [-0.3, -0.25) is 0 Å². The maximum absolute atomic E-state index is 8.37. The fourth-order valence-corrected chi connectivity index (χ4v) is 0.982. The molecule has 0 aromatic carbocycles. The highest BCUT2D eigenvalue weighted by Gasteiger charge is 2.02. The zero-order valence-electron chi connectivity index (χ0n) is 6.59. The highest BCUT2D eigenvalue weighted by atomic mass is 16.5. The Bertz CT molecular complexity index is 269. The molecule has 0 saturated carbocycles. The Hall–Kier alpha value is -1.49. The predicted octanol–water partition coefficient (Wildman–Crippen LogP) is 2.27. The molecule has 1 heterocycles. The van der Waals surface area contributed by atoms with Gasteiger partial charge < -0.3 is 4.74 Å². The van der Waals surface area contributed by atoms with Crippen LogP contribution < -0.4 is 0 Å². The summed E-state index contributed by atoms with van der Waals surface area (Å²) < 4.78 is 5.23. The first-order valence-corrected chi connectivity index (χ1v) is 3.36. The summed E-state index contributed by atoms with van der Waals surface area (Å²) >= 11 is 0. The molecular formula is C9H9NO. The van der Waals surface area contributed by atoms with Gasteiger partial charge in [0.2, 0.25) is 0 Å². The quantitative estimate of drug-likeness (QED) is 0.492. The van der Waals surface area contributed by atoms with Crippen LogP contribution in [0.25, 0.3) is 0 Å². The van der Waals surface area contributed by atoms with Crippen LogP contribution in [0.2, 0.25) is 0 Å². The normalized spacial score (nSPS) is 15.9. The number of hydrogen-bond donors (Lipinski definition) is 0. The van der Waals surface area contributed by atoms with Crippen molar-refractivity contribution in [2.24, 2.45) is 0 Å². The first kappa shape index (κ1) is 7.62. The lowest BCUT2D eigenvalue weighted by atomic mass is 10.1. The van der Waals surface area contributed by atoms with Crippen LogP contribution in [-0.2, 0) is 4.74 Å². The second-order valence-corrected chi connectivity index (χ2v) is 2.39. The van der Waals surface area contributed by atoms with Crippen molar-refractivity contribution in [1.82, 2.24) is 0 Å². The smallest absolute Gasteiger partial charge is 0.101 e. The van der Waals surface area contributed by atoms with Gasteiger partial charge in [0.25, 0.3) is 0 Å². The van der Waals surface area contributed by atoms with E-state index >= 15 is 0 Å². The van der Waals surface area contributed by atoms with E-state index in [-0.39, 0.29) is 0 Å². The van der Waals surface area contributed by atoms with Crippen molar-refractivity contribution in [3.63, 3.8) is 0 Å². The average molecular weight is 147 g/mol. The number of nitrogens with zero attached hydrogens (tertiary/aromatic N) is 1. The maximum atomic E-state index is 8.37.